The summed E-state index contributed by atoms with van der Waals surface area (Å²) in [4.78, 5) is 29.8. The molecular formula is C24H28N2O2S. The van der Waals surface area contributed by atoms with Gasteiger partial charge in [0.05, 0.1) is 11.4 Å². The molecule has 152 valence electrons. The number of rotatable bonds is 3. The Labute approximate surface area is 176 Å². The van der Waals surface area contributed by atoms with Gasteiger partial charge in [-0.3, -0.25) is 14.5 Å². The Morgan fingerprint density at radius 1 is 1.21 bits per heavy atom. The fraction of sp³-hybridized carbons (Fsp3) is 0.417. The van der Waals surface area contributed by atoms with Gasteiger partial charge in [0, 0.05) is 29.0 Å². The molecule has 29 heavy (non-hydrogen) atoms. The van der Waals surface area contributed by atoms with Crippen LogP contribution in [0.3, 0.4) is 0 Å². The topological polar surface area (TPSA) is 49.4 Å². The molecule has 1 aromatic heterocycles. The number of allylic oxidation sites excluding steroid dienone is 1. The van der Waals surface area contributed by atoms with Gasteiger partial charge in [-0.15, -0.1) is 11.3 Å². The van der Waals surface area contributed by atoms with E-state index in [2.05, 4.69) is 33.0 Å². The maximum Gasteiger partial charge on any atom is 0.228 e. The van der Waals surface area contributed by atoms with Crippen LogP contribution in [-0.4, -0.2) is 11.7 Å². The summed E-state index contributed by atoms with van der Waals surface area (Å²) < 4.78 is 0. The number of nitrogens with zero attached hydrogens (tertiary/aromatic N) is 1. The predicted molar refractivity (Wildman–Crippen MR) is 119 cm³/mol. The van der Waals surface area contributed by atoms with Crippen molar-refractivity contribution in [2.75, 3.05) is 10.2 Å². The highest BCUT2D eigenvalue weighted by atomic mass is 32.1. The number of amides is 1. The third-order valence-corrected chi connectivity index (χ3v) is 6.49. The first-order valence-electron chi connectivity index (χ1n) is 10.2. The average molecular weight is 409 g/mol. The third-order valence-electron chi connectivity index (χ3n) is 5.56. The largest absolute Gasteiger partial charge is 0.357 e. The predicted octanol–water partition coefficient (Wildman–Crippen LogP) is 5.94. The van der Waals surface area contributed by atoms with Crippen molar-refractivity contribution < 1.29 is 9.59 Å². The minimum Gasteiger partial charge on any atom is -0.357 e. The van der Waals surface area contributed by atoms with Gasteiger partial charge in [0.1, 0.15) is 6.04 Å². The monoisotopic (exact) mass is 408 g/mol. The zero-order valence-electron chi connectivity index (χ0n) is 17.5. The highest BCUT2D eigenvalue weighted by Gasteiger charge is 2.43. The van der Waals surface area contributed by atoms with E-state index in [1.165, 1.54) is 0 Å². The lowest BCUT2D eigenvalue weighted by Crippen LogP contribution is -2.39. The second-order valence-electron chi connectivity index (χ2n) is 9.25. The van der Waals surface area contributed by atoms with Crippen LogP contribution < -0.4 is 10.2 Å². The van der Waals surface area contributed by atoms with Crippen LogP contribution in [0.15, 0.2) is 53.0 Å². The number of hydrogen-bond acceptors (Lipinski definition) is 4. The molecule has 0 saturated carbocycles. The van der Waals surface area contributed by atoms with E-state index < -0.39 is 0 Å². The van der Waals surface area contributed by atoms with Crippen LogP contribution in [0.25, 0.3) is 0 Å². The van der Waals surface area contributed by atoms with Crippen LogP contribution in [0, 0.1) is 11.3 Å². The number of nitrogens with one attached hydrogen (secondary N) is 1. The molecule has 0 saturated heterocycles. The fourth-order valence-electron chi connectivity index (χ4n) is 4.43. The molecule has 0 fully saturated rings. The van der Waals surface area contributed by atoms with Gasteiger partial charge < -0.3 is 5.32 Å². The zero-order chi connectivity index (χ0) is 20.8. The molecule has 1 aromatic carbocycles. The van der Waals surface area contributed by atoms with Crippen LogP contribution in [0.5, 0.6) is 0 Å². The Morgan fingerprint density at radius 3 is 2.66 bits per heavy atom. The molecule has 1 amide bonds. The normalized spacial score (nSPS) is 20.8. The number of hydrogen-bond donors (Lipinski definition) is 1. The van der Waals surface area contributed by atoms with E-state index in [1.807, 2.05) is 46.7 Å². The van der Waals surface area contributed by atoms with Crippen LogP contribution in [0.4, 0.5) is 11.4 Å². The van der Waals surface area contributed by atoms with E-state index in [9.17, 15) is 9.59 Å². The first kappa shape index (κ1) is 19.9. The summed E-state index contributed by atoms with van der Waals surface area (Å²) in [7, 11) is 0. The standard InChI is InChI=1S/C24H28N2O2S/c1-15(2)12-21(28)26-18-9-6-5-8-16(18)25-17-13-24(3,4)14-19(27)22(17)23(26)20-10-7-11-29-20/h5-11,15,23,25H,12-14H2,1-4H3/t23-/m0/s1. The van der Waals surface area contributed by atoms with E-state index in [1.54, 1.807) is 11.3 Å². The van der Waals surface area contributed by atoms with E-state index in [0.29, 0.717) is 12.8 Å². The van der Waals surface area contributed by atoms with Gasteiger partial charge in [-0.05, 0) is 41.3 Å². The molecule has 2 aromatic rings. The maximum absolute atomic E-state index is 13.5. The number of fused-ring (bicyclic) bond motifs is 1. The van der Waals surface area contributed by atoms with Gasteiger partial charge in [-0.1, -0.05) is 45.9 Å². The Hall–Kier alpha value is -2.40. The molecule has 2 heterocycles. The van der Waals surface area contributed by atoms with Crippen molar-refractivity contribution in [1.82, 2.24) is 0 Å². The number of Topliss-reactive ketones (excluding diaryl/α,β-unsaturated/α-hetero) is 1. The van der Waals surface area contributed by atoms with E-state index >= 15 is 0 Å². The zero-order valence-corrected chi connectivity index (χ0v) is 18.3. The van der Waals surface area contributed by atoms with Crippen molar-refractivity contribution in [1.29, 1.82) is 0 Å². The summed E-state index contributed by atoms with van der Waals surface area (Å²) in [6.45, 7) is 8.38. The number of thiophene rings is 1. The van der Waals surface area contributed by atoms with E-state index in [4.69, 9.17) is 0 Å². The number of carbonyl (C=O) groups excluding carboxylic acids is 2. The smallest absolute Gasteiger partial charge is 0.228 e. The van der Waals surface area contributed by atoms with Crippen LogP contribution >= 0.6 is 11.3 Å². The van der Waals surface area contributed by atoms with Crippen LogP contribution in [0.2, 0.25) is 0 Å². The van der Waals surface area contributed by atoms with Crippen molar-refractivity contribution in [2.45, 2.75) is 53.0 Å². The van der Waals surface area contributed by atoms with E-state index in [-0.39, 0.29) is 29.1 Å². The summed E-state index contributed by atoms with van der Waals surface area (Å²) in [6, 6.07) is 11.6. The highest BCUT2D eigenvalue weighted by molar-refractivity contribution is 7.10. The number of carbonyl (C=O) groups is 2. The average Bonchev–Trinajstić information content (AvgIpc) is 3.09. The molecule has 2 aliphatic rings. The van der Waals surface area contributed by atoms with Gasteiger partial charge in [0.25, 0.3) is 0 Å². The van der Waals surface area contributed by atoms with Gasteiger partial charge in [-0.2, -0.15) is 0 Å². The van der Waals surface area contributed by atoms with Crippen molar-refractivity contribution in [3.63, 3.8) is 0 Å². The summed E-state index contributed by atoms with van der Waals surface area (Å²) in [5.74, 6) is 0.431. The first-order chi connectivity index (χ1) is 13.8. The highest BCUT2D eigenvalue weighted by Crippen LogP contribution is 2.49. The quantitative estimate of drug-likeness (QED) is 0.684. The molecular weight excluding hydrogens is 380 g/mol. The minimum absolute atomic E-state index is 0.0547. The minimum atomic E-state index is -0.379. The third kappa shape index (κ3) is 3.76. The van der Waals surface area contributed by atoms with Crippen molar-refractivity contribution in [3.05, 3.63) is 57.9 Å². The molecule has 0 spiro atoms. The van der Waals surface area contributed by atoms with Crippen molar-refractivity contribution in [2.24, 2.45) is 11.3 Å². The number of para-hydroxylation sites is 2. The SMILES string of the molecule is CC(C)CC(=O)N1c2ccccc2NC2=C(C(=O)CC(C)(C)C2)[C@@H]1c1cccs1. The molecule has 1 aliphatic carbocycles. The van der Waals surface area contributed by atoms with Gasteiger partial charge in [-0.25, -0.2) is 0 Å². The van der Waals surface area contributed by atoms with E-state index in [0.717, 1.165) is 33.9 Å². The molecule has 1 aliphatic heterocycles. The Kier molecular flexibility index (Phi) is 5.11. The number of anilines is 2. The molecule has 1 atom stereocenters. The molecule has 4 nitrogen and oxygen atoms in total. The van der Waals surface area contributed by atoms with Gasteiger partial charge in [0.15, 0.2) is 5.78 Å². The van der Waals surface area contributed by atoms with Crippen molar-refractivity contribution in [3.8, 4) is 0 Å². The number of ketones is 1. The van der Waals surface area contributed by atoms with Gasteiger partial charge >= 0.3 is 0 Å². The van der Waals surface area contributed by atoms with Crippen molar-refractivity contribution >= 4 is 34.4 Å². The Balaban J connectivity index is 1.96. The summed E-state index contributed by atoms with van der Waals surface area (Å²) in [5, 5.41) is 5.56. The maximum atomic E-state index is 13.5. The lowest BCUT2D eigenvalue weighted by atomic mass is 9.74. The van der Waals surface area contributed by atoms with Crippen LogP contribution in [0.1, 0.15) is 57.9 Å². The molecule has 0 radical (unpaired) electrons. The number of benzene rings is 1. The van der Waals surface area contributed by atoms with Crippen LogP contribution in [-0.2, 0) is 9.59 Å². The summed E-state index contributed by atoms with van der Waals surface area (Å²) >= 11 is 1.60. The second kappa shape index (κ2) is 7.45. The lowest BCUT2D eigenvalue weighted by molar-refractivity contribution is -0.120. The molecule has 0 bridgehead atoms. The Morgan fingerprint density at radius 2 is 1.97 bits per heavy atom. The first-order valence-corrected chi connectivity index (χ1v) is 11.1. The summed E-state index contributed by atoms with van der Waals surface area (Å²) in [6.07, 6.45) is 1.73. The molecule has 4 rings (SSSR count). The lowest BCUT2D eigenvalue weighted by Gasteiger charge is -2.36. The molecule has 0 unspecified atom stereocenters. The fourth-order valence-corrected chi connectivity index (χ4v) is 5.25. The van der Waals surface area contributed by atoms with Gasteiger partial charge in [0.2, 0.25) is 5.91 Å². The Bertz CT molecular complexity index is 973. The second-order valence-corrected chi connectivity index (χ2v) is 10.2. The molecule has 5 heteroatoms. The molecule has 1 N–H and O–H groups in total. The summed E-state index contributed by atoms with van der Waals surface area (Å²) in [5.41, 5.74) is 3.34.